The summed E-state index contributed by atoms with van der Waals surface area (Å²) in [6.45, 7) is 6.33. The Morgan fingerprint density at radius 2 is 2.29 bits per heavy atom. The summed E-state index contributed by atoms with van der Waals surface area (Å²) in [4.78, 5) is 4.01. The van der Waals surface area contributed by atoms with Gasteiger partial charge in [-0.1, -0.05) is 29.8 Å². The van der Waals surface area contributed by atoms with Crippen molar-refractivity contribution in [1.29, 1.82) is 0 Å². The lowest BCUT2D eigenvalue weighted by molar-refractivity contribution is 0.162. The van der Waals surface area contributed by atoms with Crippen LogP contribution in [0.1, 0.15) is 6.92 Å². The second-order valence-corrected chi connectivity index (χ2v) is 6.58. The van der Waals surface area contributed by atoms with E-state index in [2.05, 4.69) is 16.3 Å². The van der Waals surface area contributed by atoms with Crippen molar-refractivity contribution in [3.63, 3.8) is 0 Å². The van der Waals surface area contributed by atoms with Crippen molar-refractivity contribution in [3.05, 3.63) is 41.7 Å². The van der Waals surface area contributed by atoms with Gasteiger partial charge in [0.05, 0.1) is 13.2 Å². The standard InChI is InChI=1S/C13H16ClN3O3S/c1-10(2)9-20-8-6-15-21(18,19)13-12(14)16-11-5-3-4-7-17(11)13/h3-5,7,15H,1,6,8-9H2,2H3. The molecule has 2 heterocycles. The summed E-state index contributed by atoms with van der Waals surface area (Å²) in [7, 11) is -3.76. The van der Waals surface area contributed by atoms with Gasteiger partial charge in [-0.25, -0.2) is 18.1 Å². The maximum absolute atomic E-state index is 12.3. The number of ether oxygens (including phenoxy) is 1. The van der Waals surface area contributed by atoms with E-state index < -0.39 is 10.0 Å². The zero-order chi connectivity index (χ0) is 15.5. The third kappa shape index (κ3) is 3.82. The third-order valence-electron chi connectivity index (χ3n) is 2.59. The van der Waals surface area contributed by atoms with Gasteiger partial charge >= 0.3 is 0 Å². The number of pyridine rings is 1. The minimum Gasteiger partial charge on any atom is -0.376 e. The van der Waals surface area contributed by atoms with Gasteiger partial charge in [0.1, 0.15) is 5.65 Å². The molecule has 0 atom stereocenters. The predicted molar refractivity (Wildman–Crippen MR) is 81.0 cm³/mol. The number of nitrogens with one attached hydrogen (secondary N) is 1. The number of imidazole rings is 1. The first-order chi connectivity index (χ1) is 9.92. The monoisotopic (exact) mass is 329 g/mol. The smallest absolute Gasteiger partial charge is 0.259 e. The molecule has 0 aromatic carbocycles. The van der Waals surface area contributed by atoms with Gasteiger partial charge in [0, 0.05) is 12.7 Å². The van der Waals surface area contributed by atoms with E-state index in [0.717, 1.165) is 5.57 Å². The van der Waals surface area contributed by atoms with Gasteiger partial charge in [0.2, 0.25) is 0 Å². The average Bonchev–Trinajstić information content (AvgIpc) is 2.74. The van der Waals surface area contributed by atoms with Gasteiger partial charge < -0.3 is 4.74 Å². The van der Waals surface area contributed by atoms with Crippen molar-refractivity contribution in [2.75, 3.05) is 19.8 Å². The van der Waals surface area contributed by atoms with Crippen molar-refractivity contribution >= 4 is 27.3 Å². The van der Waals surface area contributed by atoms with Crippen molar-refractivity contribution < 1.29 is 13.2 Å². The van der Waals surface area contributed by atoms with Gasteiger partial charge in [0.15, 0.2) is 10.2 Å². The van der Waals surface area contributed by atoms with E-state index in [4.69, 9.17) is 16.3 Å². The largest absolute Gasteiger partial charge is 0.376 e. The molecule has 0 amide bonds. The van der Waals surface area contributed by atoms with Crippen molar-refractivity contribution in [1.82, 2.24) is 14.1 Å². The molecule has 1 N–H and O–H groups in total. The highest BCUT2D eigenvalue weighted by Crippen LogP contribution is 2.22. The average molecular weight is 330 g/mol. The van der Waals surface area contributed by atoms with E-state index in [1.165, 1.54) is 4.40 Å². The van der Waals surface area contributed by atoms with E-state index in [9.17, 15) is 8.42 Å². The number of hydrogen-bond acceptors (Lipinski definition) is 4. The van der Waals surface area contributed by atoms with Crippen LogP contribution in [-0.2, 0) is 14.8 Å². The van der Waals surface area contributed by atoms with Crippen LogP contribution in [0.3, 0.4) is 0 Å². The molecule has 0 unspecified atom stereocenters. The van der Waals surface area contributed by atoms with Crippen LogP contribution in [-0.4, -0.2) is 37.6 Å². The Bertz CT molecular complexity index is 755. The molecule has 0 aliphatic carbocycles. The second kappa shape index (κ2) is 6.57. The molecule has 0 radical (unpaired) electrons. The highest BCUT2D eigenvalue weighted by molar-refractivity contribution is 7.89. The molecule has 0 bridgehead atoms. The molecule has 6 nitrogen and oxygen atoms in total. The molecule has 0 saturated carbocycles. The van der Waals surface area contributed by atoms with E-state index in [1.54, 1.807) is 24.4 Å². The summed E-state index contributed by atoms with van der Waals surface area (Å²) in [6.07, 6.45) is 1.60. The molecule has 0 aliphatic heterocycles. The second-order valence-electron chi connectivity index (χ2n) is 4.54. The number of halogens is 1. The van der Waals surface area contributed by atoms with Gasteiger partial charge in [0.25, 0.3) is 10.0 Å². The summed E-state index contributed by atoms with van der Waals surface area (Å²) in [6, 6.07) is 5.15. The lowest BCUT2D eigenvalue weighted by Gasteiger charge is -2.07. The van der Waals surface area contributed by atoms with E-state index in [-0.39, 0.29) is 23.3 Å². The van der Waals surface area contributed by atoms with Crippen LogP contribution < -0.4 is 4.72 Å². The summed E-state index contributed by atoms with van der Waals surface area (Å²) in [5.41, 5.74) is 1.35. The fourth-order valence-electron chi connectivity index (χ4n) is 1.75. The lowest BCUT2D eigenvalue weighted by atomic mass is 10.4. The van der Waals surface area contributed by atoms with Gasteiger partial charge in [-0.2, -0.15) is 0 Å². The summed E-state index contributed by atoms with van der Waals surface area (Å²) in [5, 5.41) is -0.128. The van der Waals surface area contributed by atoms with E-state index >= 15 is 0 Å². The SMILES string of the molecule is C=C(C)COCCNS(=O)(=O)c1c(Cl)nc2ccccn12. The zero-order valence-electron chi connectivity index (χ0n) is 11.5. The zero-order valence-corrected chi connectivity index (χ0v) is 13.1. The van der Waals surface area contributed by atoms with E-state index in [0.29, 0.717) is 12.3 Å². The summed E-state index contributed by atoms with van der Waals surface area (Å²) >= 11 is 5.94. The molecule has 0 saturated heterocycles. The van der Waals surface area contributed by atoms with Crippen LogP contribution in [0, 0.1) is 0 Å². The van der Waals surface area contributed by atoms with Crippen LogP contribution in [0.4, 0.5) is 0 Å². The first-order valence-corrected chi connectivity index (χ1v) is 8.12. The highest BCUT2D eigenvalue weighted by atomic mass is 35.5. The maximum atomic E-state index is 12.3. The van der Waals surface area contributed by atoms with E-state index in [1.807, 2.05) is 6.92 Å². The van der Waals surface area contributed by atoms with Crippen molar-refractivity contribution in [3.8, 4) is 0 Å². The number of nitrogens with zero attached hydrogens (tertiary/aromatic N) is 2. The molecule has 0 aliphatic rings. The molecule has 21 heavy (non-hydrogen) atoms. The first-order valence-electron chi connectivity index (χ1n) is 6.26. The molecule has 0 spiro atoms. The topological polar surface area (TPSA) is 72.7 Å². The Kier molecular flexibility index (Phi) is 5.00. The Hall–Kier alpha value is -1.41. The number of rotatable bonds is 7. The molecule has 8 heteroatoms. The van der Waals surface area contributed by atoms with Crippen LogP contribution in [0.2, 0.25) is 5.15 Å². The highest BCUT2D eigenvalue weighted by Gasteiger charge is 2.23. The van der Waals surface area contributed by atoms with Gasteiger partial charge in [-0.3, -0.25) is 4.40 Å². The lowest BCUT2D eigenvalue weighted by Crippen LogP contribution is -2.28. The fourth-order valence-corrected chi connectivity index (χ4v) is 3.40. The van der Waals surface area contributed by atoms with Gasteiger partial charge in [-0.15, -0.1) is 0 Å². The first kappa shape index (κ1) is 16.0. The normalized spacial score (nSPS) is 11.9. The van der Waals surface area contributed by atoms with Crippen LogP contribution >= 0.6 is 11.6 Å². The molecular weight excluding hydrogens is 314 g/mol. The predicted octanol–water partition coefficient (Wildman–Crippen LogP) is 1.86. The van der Waals surface area contributed by atoms with Crippen LogP contribution in [0.15, 0.2) is 41.6 Å². The summed E-state index contributed by atoms with van der Waals surface area (Å²) in [5.74, 6) is 0. The fraction of sp³-hybridized carbons (Fsp3) is 0.308. The van der Waals surface area contributed by atoms with Crippen molar-refractivity contribution in [2.24, 2.45) is 0 Å². The molecule has 114 valence electrons. The minimum atomic E-state index is -3.76. The maximum Gasteiger partial charge on any atom is 0.259 e. The number of hydrogen-bond donors (Lipinski definition) is 1. The Balaban J connectivity index is 2.11. The molecule has 2 aromatic rings. The Morgan fingerprint density at radius 1 is 1.52 bits per heavy atom. The van der Waals surface area contributed by atoms with Gasteiger partial charge in [-0.05, 0) is 19.1 Å². The minimum absolute atomic E-state index is 0.0587. The molecular formula is C13H16ClN3O3S. The third-order valence-corrected chi connectivity index (χ3v) is 4.45. The summed E-state index contributed by atoms with van der Waals surface area (Å²) < 4.78 is 33.7. The Labute approximate surface area is 128 Å². The molecule has 0 fully saturated rings. The quantitative estimate of drug-likeness (QED) is 0.621. The molecule has 2 aromatic heterocycles. The van der Waals surface area contributed by atoms with Crippen LogP contribution in [0.5, 0.6) is 0 Å². The number of sulfonamides is 1. The van der Waals surface area contributed by atoms with Crippen LogP contribution in [0.25, 0.3) is 5.65 Å². The Morgan fingerprint density at radius 3 is 3.00 bits per heavy atom. The van der Waals surface area contributed by atoms with Crippen molar-refractivity contribution in [2.45, 2.75) is 11.9 Å². The number of fused-ring (bicyclic) bond motifs is 1. The number of aromatic nitrogens is 2. The molecule has 2 rings (SSSR count).